The summed E-state index contributed by atoms with van der Waals surface area (Å²) in [6.07, 6.45) is 7.97. The molecule has 0 N–H and O–H groups in total. The molecule has 0 atom stereocenters. The van der Waals surface area contributed by atoms with Crippen LogP contribution in [0.5, 0.6) is 0 Å². The number of anilines is 1. The largest absolute Gasteiger partial charge is 0.343 e. The molecule has 0 spiro atoms. The SMILES string of the molecule is CCCN1/C(=C/N=C2C(=O)C=Cc3ncccc32)C(C)(C)c2cc(C)c(C)cc21. The minimum Gasteiger partial charge on any atom is -0.343 e. The minimum atomic E-state index is -0.182. The summed E-state index contributed by atoms with van der Waals surface area (Å²) in [6.45, 7) is 11.9. The Morgan fingerprint density at radius 1 is 1.17 bits per heavy atom. The summed E-state index contributed by atoms with van der Waals surface area (Å²) in [5.74, 6) is -0.0793. The molecular formula is C25H27N3O. The minimum absolute atomic E-state index is 0.0793. The Morgan fingerprint density at radius 3 is 2.69 bits per heavy atom. The van der Waals surface area contributed by atoms with Crippen molar-refractivity contribution in [1.82, 2.24) is 4.98 Å². The number of aryl methyl sites for hydroxylation is 2. The number of pyridine rings is 1. The molecule has 29 heavy (non-hydrogen) atoms. The second-order valence-corrected chi connectivity index (χ2v) is 8.36. The van der Waals surface area contributed by atoms with Gasteiger partial charge in [-0.05, 0) is 67.3 Å². The second-order valence-electron chi connectivity index (χ2n) is 8.36. The number of aromatic nitrogens is 1. The number of fused-ring (bicyclic) bond motifs is 2. The third-order valence-electron chi connectivity index (χ3n) is 5.99. The Morgan fingerprint density at radius 2 is 1.93 bits per heavy atom. The molecular weight excluding hydrogens is 358 g/mol. The fourth-order valence-electron chi connectivity index (χ4n) is 4.20. The van der Waals surface area contributed by atoms with Gasteiger partial charge in [0, 0.05) is 41.3 Å². The molecule has 0 radical (unpaired) electrons. The van der Waals surface area contributed by atoms with Gasteiger partial charge in [0.1, 0.15) is 5.71 Å². The van der Waals surface area contributed by atoms with Gasteiger partial charge in [0.25, 0.3) is 0 Å². The van der Waals surface area contributed by atoms with Gasteiger partial charge < -0.3 is 4.90 Å². The third-order valence-corrected chi connectivity index (χ3v) is 5.99. The van der Waals surface area contributed by atoms with Gasteiger partial charge in [0.05, 0.1) is 5.69 Å². The molecule has 0 fully saturated rings. The van der Waals surface area contributed by atoms with Gasteiger partial charge in [0.15, 0.2) is 0 Å². The standard InChI is InChI=1S/C25H27N3O/c1-6-12-28-21-14-17(3)16(2)13-19(21)25(4,5)23(28)15-27-24-18-8-7-11-26-20(18)9-10-22(24)29/h7-11,13-15H,6,12H2,1-5H3/b23-15+,27-24?. The van der Waals surface area contributed by atoms with E-state index in [2.05, 4.69) is 56.6 Å². The van der Waals surface area contributed by atoms with Gasteiger partial charge in [-0.3, -0.25) is 14.8 Å². The van der Waals surface area contributed by atoms with Gasteiger partial charge in [-0.2, -0.15) is 0 Å². The first-order valence-electron chi connectivity index (χ1n) is 10.2. The quantitative estimate of drug-likeness (QED) is 0.735. The number of allylic oxidation sites excluding steroid dienone is 2. The average molecular weight is 386 g/mol. The van der Waals surface area contributed by atoms with E-state index in [0.29, 0.717) is 5.71 Å². The lowest BCUT2D eigenvalue weighted by molar-refractivity contribution is -0.108. The second kappa shape index (κ2) is 7.11. The zero-order valence-electron chi connectivity index (χ0n) is 17.8. The smallest absolute Gasteiger partial charge is 0.204 e. The molecule has 4 heteroatoms. The molecule has 2 heterocycles. The molecule has 1 aromatic carbocycles. The van der Waals surface area contributed by atoms with Crippen LogP contribution in [0, 0.1) is 13.8 Å². The predicted octanol–water partition coefficient (Wildman–Crippen LogP) is 5.13. The van der Waals surface area contributed by atoms with Crippen LogP contribution in [-0.4, -0.2) is 23.0 Å². The van der Waals surface area contributed by atoms with Crippen molar-refractivity contribution in [3.05, 3.63) is 76.4 Å². The molecule has 0 bridgehead atoms. The summed E-state index contributed by atoms with van der Waals surface area (Å²) in [5.41, 5.74) is 8.14. The summed E-state index contributed by atoms with van der Waals surface area (Å²) in [6, 6.07) is 8.34. The number of benzene rings is 1. The number of hydrogen-bond acceptors (Lipinski definition) is 4. The first-order valence-corrected chi connectivity index (χ1v) is 10.2. The molecule has 1 aromatic heterocycles. The van der Waals surface area contributed by atoms with Crippen molar-refractivity contribution in [2.24, 2.45) is 4.99 Å². The summed E-state index contributed by atoms with van der Waals surface area (Å²) in [4.78, 5) is 24.0. The number of carbonyl (C=O) groups is 1. The lowest BCUT2D eigenvalue weighted by Crippen LogP contribution is -2.27. The summed E-state index contributed by atoms with van der Waals surface area (Å²) in [7, 11) is 0. The molecule has 1 aliphatic carbocycles. The van der Waals surface area contributed by atoms with Gasteiger partial charge in [-0.1, -0.05) is 26.8 Å². The van der Waals surface area contributed by atoms with Gasteiger partial charge >= 0.3 is 0 Å². The molecule has 2 aromatic rings. The van der Waals surface area contributed by atoms with E-state index >= 15 is 0 Å². The molecule has 0 saturated heterocycles. The summed E-state index contributed by atoms with van der Waals surface area (Å²) < 4.78 is 0. The highest BCUT2D eigenvalue weighted by molar-refractivity contribution is 6.52. The molecule has 148 valence electrons. The lowest BCUT2D eigenvalue weighted by Gasteiger charge is -2.26. The van der Waals surface area contributed by atoms with E-state index in [0.717, 1.165) is 29.9 Å². The summed E-state index contributed by atoms with van der Waals surface area (Å²) >= 11 is 0. The monoisotopic (exact) mass is 385 g/mol. The number of ketones is 1. The van der Waals surface area contributed by atoms with Crippen LogP contribution in [0.3, 0.4) is 0 Å². The Kier molecular flexibility index (Phi) is 4.73. The van der Waals surface area contributed by atoms with Crippen molar-refractivity contribution in [1.29, 1.82) is 0 Å². The maximum atomic E-state index is 12.5. The topological polar surface area (TPSA) is 45.6 Å². The van der Waals surface area contributed by atoms with Crippen LogP contribution in [-0.2, 0) is 10.2 Å². The Bertz CT molecular complexity index is 1090. The molecule has 1 aliphatic heterocycles. The van der Waals surface area contributed by atoms with E-state index in [1.54, 1.807) is 18.3 Å². The highest BCUT2D eigenvalue weighted by Crippen LogP contribution is 2.48. The first kappa shape index (κ1) is 19.3. The van der Waals surface area contributed by atoms with Crippen molar-refractivity contribution < 1.29 is 4.79 Å². The maximum Gasteiger partial charge on any atom is 0.204 e. The van der Waals surface area contributed by atoms with Crippen LogP contribution < -0.4 is 4.90 Å². The highest BCUT2D eigenvalue weighted by Gasteiger charge is 2.40. The van der Waals surface area contributed by atoms with E-state index in [9.17, 15) is 4.79 Å². The number of hydrogen-bond donors (Lipinski definition) is 0. The fourth-order valence-corrected chi connectivity index (χ4v) is 4.20. The van der Waals surface area contributed by atoms with Crippen LogP contribution in [0.1, 0.15) is 55.1 Å². The van der Waals surface area contributed by atoms with E-state index in [1.165, 1.54) is 22.4 Å². The Balaban J connectivity index is 1.85. The van der Waals surface area contributed by atoms with Crippen LogP contribution in [0.4, 0.5) is 5.69 Å². The fraction of sp³-hybridized carbons (Fsp3) is 0.320. The van der Waals surface area contributed by atoms with Crippen molar-refractivity contribution in [3.8, 4) is 0 Å². The highest BCUT2D eigenvalue weighted by atomic mass is 16.1. The molecule has 0 amide bonds. The number of aliphatic imine (C=N–C) groups is 1. The van der Waals surface area contributed by atoms with Crippen LogP contribution in [0.15, 0.2) is 53.4 Å². The van der Waals surface area contributed by atoms with E-state index < -0.39 is 0 Å². The molecule has 4 rings (SSSR count). The van der Waals surface area contributed by atoms with Crippen molar-refractivity contribution in [3.63, 3.8) is 0 Å². The van der Waals surface area contributed by atoms with Gasteiger partial charge in [-0.25, -0.2) is 0 Å². The summed E-state index contributed by atoms with van der Waals surface area (Å²) in [5, 5.41) is 0. The number of carbonyl (C=O) groups excluding carboxylic acids is 1. The van der Waals surface area contributed by atoms with Gasteiger partial charge in [0.2, 0.25) is 5.78 Å². The van der Waals surface area contributed by atoms with Crippen molar-refractivity contribution in [2.45, 2.75) is 46.5 Å². The van der Waals surface area contributed by atoms with E-state index in [-0.39, 0.29) is 11.2 Å². The third kappa shape index (κ3) is 3.13. The van der Waals surface area contributed by atoms with Gasteiger partial charge in [-0.15, -0.1) is 0 Å². The van der Waals surface area contributed by atoms with Crippen molar-refractivity contribution >= 4 is 23.3 Å². The van der Waals surface area contributed by atoms with Crippen LogP contribution in [0.25, 0.3) is 6.08 Å². The normalized spacial score (nSPS) is 19.8. The van der Waals surface area contributed by atoms with E-state index in [1.807, 2.05) is 18.3 Å². The lowest BCUT2D eigenvalue weighted by atomic mass is 9.83. The average Bonchev–Trinajstić information content (AvgIpc) is 2.88. The number of rotatable bonds is 3. The Labute approximate surface area is 172 Å². The van der Waals surface area contributed by atoms with Crippen LogP contribution in [0.2, 0.25) is 0 Å². The maximum absolute atomic E-state index is 12.5. The first-order chi connectivity index (χ1) is 13.8. The molecule has 0 unspecified atom stereocenters. The van der Waals surface area contributed by atoms with Crippen LogP contribution >= 0.6 is 0 Å². The zero-order chi connectivity index (χ0) is 20.8. The van der Waals surface area contributed by atoms with E-state index in [4.69, 9.17) is 4.99 Å². The predicted molar refractivity (Wildman–Crippen MR) is 119 cm³/mol. The van der Waals surface area contributed by atoms with Crippen molar-refractivity contribution in [2.75, 3.05) is 11.4 Å². The molecule has 4 nitrogen and oxygen atoms in total. The number of nitrogens with zero attached hydrogens (tertiary/aromatic N) is 3. The zero-order valence-corrected chi connectivity index (χ0v) is 17.8. The molecule has 0 saturated carbocycles. The Hall–Kier alpha value is -3.01. The molecule has 2 aliphatic rings.